The fraction of sp³-hybridized carbons (Fsp3) is 0.118. The predicted molar refractivity (Wildman–Crippen MR) is 86.7 cm³/mol. The Kier molecular flexibility index (Phi) is 4.28. The average Bonchev–Trinajstić information content (AvgIpc) is 2.90. The number of ether oxygens (including phenoxy) is 1. The second-order valence-electron chi connectivity index (χ2n) is 4.62. The minimum atomic E-state index is -0.369. The third kappa shape index (κ3) is 3.23. The number of allylic oxidation sites excluding steroid dienone is 3. The number of rotatable bonds is 4. The van der Waals surface area contributed by atoms with Crippen LogP contribution in [0.25, 0.3) is 16.5 Å². The molecule has 0 fully saturated rings. The molecule has 0 amide bonds. The number of esters is 1. The molecule has 3 N–H and O–H groups in total. The zero-order valence-corrected chi connectivity index (χ0v) is 12.1. The first-order valence-corrected chi connectivity index (χ1v) is 6.55. The van der Waals surface area contributed by atoms with Crippen LogP contribution in [0.4, 0.5) is 5.69 Å². The molecule has 4 nitrogen and oxygen atoms in total. The number of carbonyl (C=O) groups excluding carboxylic acids is 1. The minimum Gasteiger partial charge on any atom is -0.465 e. The van der Waals surface area contributed by atoms with E-state index in [1.807, 2.05) is 24.3 Å². The summed E-state index contributed by atoms with van der Waals surface area (Å²) in [6.45, 7) is 5.79. The quantitative estimate of drug-likeness (QED) is 0.390. The third-order valence-electron chi connectivity index (χ3n) is 3.19. The first kappa shape index (κ1) is 14.7. The Morgan fingerprint density at radius 3 is 2.76 bits per heavy atom. The Bertz CT molecular complexity index is 751. The highest BCUT2D eigenvalue weighted by Crippen LogP contribution is 2.23. The predicted octanol–water partition coefficient (Wildman–Crippen LogP) is 3.44. The van der Waals surface area contributed by atoms with E-state index in [-0.39, 0.29) is 5.97 Å². The second kappa shape index (κ2) is 6.13. The maximum Gasteiger partial charge on any atom is 0.337 e. The van der Waals surface area contributed by atoms with Crippen LogP contribution in [-0.4, -0.2) is 18.1 Å². The molecule has 0 unspecified atom stereocenters. The van der Waals surface area contributed by atoms with Crippen LogP contribution in [-0.2, 0) is 9.53 Å². The molecule has 0 atom stereocenters. The van der Waals surface area contributed by atoms with Gasteiger partial charge in [-0.05, 0) is 42.8 Å². The van der Waals surface area contributed by atoms with Gasteiger partial charge < -0.3 is 15.5 Å². The molecule has 2 rings (SSSR count). The van der Waals surface area contributed by atoms with E-state index in [0.29, 0.717) is 5.57 Å². The van der Waals surface area contributed by atoms with Crippen LogP contribution < -0.4 is 5.73 Å². The molecule has 4 heteroatoms. The lowest BCUT2D eigenvalue weighted by Gasteiger charge is -1.99. The number of aromatic amines is 1. The van der Waals surface area contributed by atoms with E-state index in [0.717, 1.165) is 27.9 Å². The van der Waals surface area contributed by atoms with Crippen molar-refractivity contribution in [3.05, 3.63) is 60.3 Å². The smallest absolute Gasteiger partial charge is 0.337 e. The van der Waals surface area contributed by atoms with E-state index in [4.69, 9.17) is 10.5 Å². The largest absolute Gasteiger partial charge is 0.465 e. The highest BCUT2D eigenvalue weighted by molar-refractivity contribution is 5.93. The number of benzene rings is 1. The summed E-state index contributed by atoms with van der Waals surface area (Å²) in [5, 5.41) is 1.03. The average molecular weight is 282 g/mol. The Balaban J connectivity index is 2.24. The van der Waals surface area contributed by atoms with Crippen molar-refractivity contribution < 1.29 is 9.53 Å². The van der Waals surface area contributed by atoms with Crippen LogP contribution in [0.1, 0.15) is 12.6 Å². The summed E-state index contributed by atoms with van der Waals surface area (Å²) in [5.74, 6) is -0.369. The van der Waals surface area contributed by atoms with Crippen LogP contribution >= 0.6 is 0 Å². The highest BCUT2D eigenvalue weighted by Gasteiger charge is 2.06. The maximum absolute atomic E-state index is 11.5. The molecule has 0 radical (unpaired) electrons. The van der Waals surface area contributed by atoms with Gasteiger partial charge in [0, 0.05) is 22.3 Å². The maximum atomic E-state index is 11.5. The van der Waals surface area contributed by atoms with E-state index < -0.39 is 0 Å². The molecule has 0 aliphatic rings. The number of carbonyl (C=O) groups is 1. The lowest BCUT2D eigenvalue weighted by molar-refractivity contribution is -0.135. The fourth-order valence-corrected chi connectivity index (χ4v) is 2.00. The third-order valence-corrected chi connectivity index (χ3v) is 3.19. The van der Waals surface area contributed by atoms with Gasteiger partial charge >= 0.3 is 5.97 Å². The number of nitrogens with one attached hydrogen (secondary N) is 1. The lowest BCUT2D eigenvalue weighted by Crippen LogP contribution is -2.02. The standard InChI is InChI=1S/C17H18N2O2/c1-4-12(17(20)21-3)6-5-11(2)16-10-13-9-14(18)7-8-15(13)19-16/h4-10,19H,2,18H2,1,3H3/b6-5-,12-4+. The molecule has 108 valence electrons. The number of H-pyrrole nitrogens is 1. The summed E-state index contributed by atoms with van der Waals surface area (Å²) in [5.41, 5.74) is 9.62. The fourth-order valence-electron chi connectivity index (χ4n) is 2.00. The highest BCUT2D eigenvalue weighted by atomic mass is 16.5. The first-order chi connectivity index (χ1) is 10.0. The van der Waals surface area contributed by atoms with E-state index >= 15 is 0 Å². The van der Waals surface area contributed by atoms with Crippen LogP contribution in [0.2, 0.25) is 0 Å². The van der Waals surface area contributed by atoms with Gasteiger partial charge in [-0.25, -0.2) is 4.79 Å². The molecule has 0 spiro atoms. The summed E-state index contributed by atoms with van der Waals surface area (Å²) in [6, 6.07) is 7.65. The first-order valence-electron chi connectivity index (χ1n) is 6.55. The van der Waals surface area contributed by atoms with Gasteiger partial charge in [0.2, 0.25) is 0 Å². The number of nitrogens with two attached hydrogens (primary N) is 1. The molecule has 1 heterocycles. The summed E-state index contributed by atoms with van der Waals surface area (Å²) >= 11 is 0. The normalized spacial score (nSPS) is 12.0. The van der Waals surface area contributed by atoms with Gasteiger partial charge in [-0.15, -0.1) is 0 Å². The van der Waals surface area contributed by atoms with Gasteiger partial charge in [0.1, 0.15) is 0 Å². The second-order valence-corrected chi connectivity index (χ2v) is 4.62. The summed E-state index contributed by atoms with van der Waals surface area (Å²) in [4.78, 5) is 14.7. The SMILES string of the molecule is C=C(/C=C\C(=C/C)C(=O)OC)c1cc2cc(N)ccc2[nH]1. The number of hydrogen-bond donors (Lipinski definition) is 2. The van der Waals surface area contributed by atoms with Crippen molar-refractivity contribution in [1.82, 2.24) is 4.98 Å². The van der Waals surface area contributed by atoms with Crippen LogP contribution in [0.5, 0.6) is 0 Å². The Morgan fingerprint density at radius 1 is 1.33 bits per heavy atom. The number of nitrogen functional groups attached to an aromatic ring is 1. The van der Waals surface area contributed by atoms with Gasteiger partial charge in [0.15, 0.2) is 0 Å². The van der Waals surface area contributed by atoms with Crippen molar-refractivity contribution in [2.75, 3.05) is 12.8 Å². The minimum absolute atomic E-state index is 0.369. The lowest BCUT2D eigenvalue weighted by atomic mass is 10.1. The van der Waals surface area contributed by atoms with Crippen molar-refractivity contribution in [1.29, 1.82) is 0 Å². The van der Waals surface area contributed by atoms with Gasteiger partial charge in [-0.1, -0.05) is 18.7 Å². The number of fused-ring (bicyclic) bond motifs is 1. The van der Waals surface area contributed by atoms with Crippen molar-refractivity contribution in [2.45, 2.75) is 6.92 Å². The summed E-state index contributed by atoms with van der Waals surface area (Å²) in [7, 11) is 1.36. The molecule has 0 aliphatic heterocycles. The van der Waals surface area contributed by atoms with Crippen molar-refractivity contribution in [3.8, 4) is 0 Å². The molecule has 0 bridgehead atoms. The van der Waals surface area contributed by atoms with E-state index in [1.54, 1.807) is 25.2 Å². The van der Waals surface area contributed by atoms with E-state index in [1.165, 1.54) is 7.11 Å². The molecule has 0 aliphatic carbocycles. The molecule has 0 saturated carbocycles. The van der Waals surface area contributed by atoms with Crippen molar-refractivity contribution in [3.63, 3.8) is 0 Å². The van der Waals surface area contributed by atoms with Crippen LogP contribution in [0.15, 0.2) is 54.6 Å². The molecule has 21 heavy (non-hydrogen) atoms. The number of aromatic nitrogens is 1. The molecule has 2 aromatic rings. The van der Waals surface area contributed by atoms with Gasteiger partial charge in [0.25, 0.3) is 0 Å². The number of anilines is 1. The molecular weight excluding hydrogens is 264 g/mol. The van der Waals surface area contributed by atoms with Gasteiger partial charge in [0.05, 0.1) is 12.7 Å². The van der Waals surface area contributed by atoms with Crippen molar-refractivity contribution in [2.24, 2.45) is 0 Å². The van der Waals surface area contributed by atoms with E-state index in [2.05, 4.69) is 11.6 Å². The number of hydrogen-bond acceptors (Lipinski definition) is 3. The molecular formula is C17H18N2O2. The Hall–Kier alpha value is -2.75. The van der Waals surface area contributed by atoms with Crippen LogP contribution in [0, 0.1) is 0 Å². The van der Waals surface area contributed by atoms with Gasteiger partial charge in [-0.2, -0.15) is 0 Å². The zero-order valence-electron chi connectivity index (χ0n) is 12.1. The molecule has 0 saturated heterocycles. The molecule has 1 aromatic carbocycles. The van der Waals surface area contributed by atoms with Crippen molar-refractivity contribution >= 4 is 28.1 Å². The topological polar surface area (TPSA) is 68.1 Å². The zero-order chi connectivity index (χ0) is 15.4. The number of methoxy groups -OCH3 is 1. The van der Waals surface area contributed by atoms with E-state index in [9.17, 15) is 4.79 Å². The summed E-state index contributed by atoms with van der Waals surface area (Å²) in [6.07, 6.45) is 5.16. The Morgan fingerprint density at radius 2 is 2.10 bits per heavy atom. The molecule has 1 aromatic heterocycles. The summed E-state index contributed by atoms with van der Waals surface area (Å²) < 4.78 is 4.69. The monoisotopic (exact) mass is 282 g/mol. The van der Waals surface area contributed by atoms with Gasteiger partial charge in [-0.3, -0.25) is 0 Å². The Labute approximate surface area is 123 Å². The van der Waals surface area contributed by atoms with Crippen LogP contribution in [0.3, 0.4) is 0 Å².